The van der Waals surface area contributed by atoms with Gasteiger partial charge in [0.05, 0.1) is 17.0 Å². The topological polar surface area (TPSA) is 39.9 Å². The zero-order chi connectivity index (χ0) is 20.7. The maximum absolute atomic E-state index is 12.9. The van der Waals surface area contributed by atoms with Crippen molar-refractivity contribution in [1.82, 2.24) is 14.8 Å². The lowest BCUT2D eigenvalue weighted by molar-refractivity contribution is -0.141. The Morgan fingerprint density at radius 2 is 1.64 bits per heavy atom. The minimum atomic E-state index is -4.61. The van der Waals surface area contributed by atoms with Crippen LogP contribution in [0.15, 0.2) is 42.5 Å². The molecule has 0 radical (unpaired) electrons. The quantitative estimate of drug-likeness (QED) is 0.535. The molecule has 0 fully saturated rings. The van der Waals surface area contributed by atoms with Crippen LogP contribution >= 0.6 is 0 Å². The van der Waals surface area contributed by atoms with E-state index in [1.165, 1.54) is 31.3 Å². The number of halogens is 6. The van der Waals surface area contributed by atoms with Crippen LogP contribution in [0.3, 0.4) is 0 Å². The summed E-state index contributed by atoms with van der Waals surface area (Å²) >= 11 is 0. The SMILES string of the molecule is Cc1cc(Oc2cccc(C(F)(F)F)c2)nc(-c2cc(C(F)(F)F)nn2C)c1. The molecule has 0 bridgehead atoms. The third-order valence-corrected chi connectivity index (χ3v) is 3.76. The minimum absolute atomic E-state index is 0.0518. The van der Waals surface area contributed by atoms with E-state index in [1.807, 2.05) is 0 Å². The first kappa shape index (κ1) is 19.7. The van der Waals surface area contributed by atoms with Crippen LogP contribution in [0.1, 0.15) is 16.8 Å². The average Bonchev–Trinajstić information content (AvgIpc) is 2.96. The number of ether oxygens (including phenoxy) is 1. The standard InChI is InChI=1S/C18H13F6N3O/c1-10-6-13(14-9-15(18(22,23)24)26-27(14)2)25-16(7-10)28-12-5-3-4-11(8-12)17(19,20)21/h3-9H,1-2H3. The van der Waals surface area contributed by atoms with Gasteiger partial charge in [-0.15, -0.1) is 0 Å². The van der Waals surface area contributed by atoms with Gasteiger partial charge in [0.25, 0.3) is 0 Å². The summed E-state index contributed by atoms with van der Waals surface area (Å²) in [6, 6.07) is 8.05. The highest BCUT2D eigenvalue weighted by Crippen LogP contribution is 2.34. The van der Waals surface area contributed by atoms with Crippen molar-refractivity contribution < 1.29 is 31.1 Å². The average molecular weight is 401 g/mol. The Hall–Kier alpha value is -3.04. The van der Waals surface area contributed by atoms with E-state index in [4.69, 9.17) is 4.74 Å². The van der Waals surface area contributed by atoms with Crippen LogP contribution in [0.5, 0.6) is 11.6 Å². The lowest BCUT2D eigenvalue weighted by Gasteiger charge is -2.11. The molecule has 10 heteroatoms. The van der Waals surface area contributed by atoms with Crippen molar-refractivity contribution in [3.63, 3.8) is 0 Å². The molecule has 4 nitrogen and oxygen atoms in total. The fraction of sp³-hybridized carbons (Fsp3) is 0.222. The van der Waals surface area contributed by atoms with Crippen LogP contribution in [0.25, 0.3) is 11.4 Å². The van der Waals surface area contributed by atoms with Gasteiger partial charge in [-0.25, -0.2) is 4.98 Å². The number of hydrogen-bond donors (Lipinski definition) is 0. The summed E-state index contributed by atoms with van der Waals surface area (Å²) in [6.07, 6.45) is -9.15. The molecule has 2 aromatic heterocycles. The molecule has 148 valence electrons. The number of aromatic nitrogens is 3. The molecule has 1 aromatic carbocycles. The predicted octanol–water partition coefficient (Wildman–Crippen LogP) is 5.62. The molecule has 0 spiro atoms. The second-order valence-electron chi connectivity index (χ2n) is 6.03. The first-order valence-electron chi connectivity index (χ1n) is 7.89. The van der Waals surface area contributed by atoms with Gasteiger partial charge in [0, 0.05) is 13.1 Å². The summed E-state index contributed by atoms with van der Waals surface area (Å²) in [6.45, 7) is 1.66. The van der Waals surface area contributed by atoms with E-state index < -0.39 is 23.6 Å². The molecule has 0 N–H and O–H groups in total. The van der Waals surface area contributed by atoms with Crippen LogP contribution in [0.2, 0.25) is 0 Å². The van der Waals surface area contributed by atoms with Gasteiger partial charge in [0.1, 0.15) is 5.75 Å². The van der Waals surface area contributed by atoms with E-state index >= 15 is 0 Å². The molecule has 0 unspecified atom stereocenters. The fourth-order valence-electron chi connectivity index (χ4n) is 2.52. The van der Waals surface area contributed by atoms with E-state index in [1.54, 1.807) is 6.92 Å². The van der Waals surface area contributed by atoms with Crippen molar-refractivity contribution in [2.24, 2.45) is 7.05 Å². The number of hydrogen-bond acceptors (Lipinski definition) is 3. The smallest absolute Gasteiger partial charge is 0.435 e. The molecule has 0 aliphatic rings. The van der Waals surface area contributed by atoms with Crippen molar-refractivity contribution in [1.29, 1.82) is 0 Å². The zero-order valence-electron chi connectivity index (χ0n) is 14.6. The van der Waals surface area contributed by atoms with Crippen molar-refractivity contribution in [2.45, 2.75) is 19.3 Å². The molecule has 0 saturated heterocycles. The van der Waals surface area contributed by atoms with E-state index in [2.05, 4.69) is 10.1 Å². The molecule has 0 atom stereocenters. The van der Waals surface area contributed by atoms with Gasteiger partial charge in [-0.1, -0.05) is 6.07 Å². The number of rotatable bonds is 3. The van der Waals surface area contributed by atoms with Gasteiger partial charge < -0.3 is 4.74 Å². The molecule has 3 aromatic rings. The number of benzene rings is 1. The van der Waals surface area contributed by atoms with E-state index in [-0.39, 0.29) is 23.0 Å². The highest BCUT2D eigenvalue weighted by atomic mass is 19.4. The Bertz CT molecular complexity index is 1010. The molecule has 0 aliphatic carbocycles. The van der Waals surface area contributed by atoms with Gasteiger partial charge >= 0.3 is 12.4 Å². The molecule has 3 rings (SSSR count). The summed E-state index contributed by atoms with van der Waals surface area (Å²) < 4.78 is 83.5. The number of nitrogens with zero attached hydrogens (tertiary/aromatic N) is 3. The number of aryl methyl sites for hydroxylation is 2. The Morgan fingerprint density at radius 3 is 2.25 bits per heavy atom. The van der Waals surface area contributed by atoms with Crippen LogP contribution in [-0.4, -0.2) is 14.8 Å². The van der Waals surface area contributed by atoms with Gasteiger partial charge in [-0.05, 0) is 42.8 Å². The maximum atomic E-state index is 12.9. The van der Waals surface area contributed by atoms with E-state index in [9.17, 15) is 26.3 Å². The summed E-state index contributed by atoms with van der Waals surface area (Å²) in [5.41, 5.74) is -1.13. The largest absolute Gasteiger partial charge is 0.439 e. The second-order valence-corrected chi connectivity index (χ2v) is 6.03. The summed E-state index contributed by atoms with van der Waals surface area (Å²) in [4.78, 5) is 4.12. The first-order valence-corrected chi connectivity index (χ1v) is 7.89. The predicted molar refractivity (Wildman–Crippen MR) is 87.7 cm³/mol. The molecule has 28 heavy (non-hydrogen) atoms. The Kier molecular flexibility index (Phi) is 4.82. The van der Waals surface area contributed by atoms with Crippen LogP contribution in [-0.2, 0) is 19.4 Å². The van der Waals surface area contributed by atoms with Gasteiger partial charge in [0.15, 0.2) is 5.69 Å². The molecule has 2 heterocycles. The molecular weight excluding hydrogens is 388 g/mol. The van der Waals surface area contributed by atoms with Crippen molar-refractivity contribution in [2.75, 3.05) is 0 Å². The minimum Gasteiger partial charge on any atom is -0.439 e. The Labute approximate surface area is 155 Å². The monoisotopic (exact) mass is 401 g/mol. The van der Waals surface area contributed by atoms with Crippen molar-refractivity contribution in [3.8, 4) is 23.0 Å². The fourth-order valence-corrected chi connectivity index (χ4v) is 2.52. The van der Waals surface area contributed by atoms with Crippen LogP contribution < -0.4 is 4.74 Å². The van der Waals surface area contributed by atoms with Gasteiger partial charge in [-0.3, -0.25) is 4.68 Å². The Morgan fingerprint density at radius 1 is 0.929 bits per heavy atom. The maximum Gasteiger partial charge on any atom is 0.435 e. The summed E-state index contributed by atoms with van der Waals surface area (Å²) in [7, 11) is 1.34. The van der Waals surface area contributed by atoms with Crippen LogP contribution in [0.4, 0.5) is 26.3 Å². The van der Waals surface area contributed by atoms with Crippen molar-refractivity contribution >= 4 is 0 Å². The number of pyridine rings is 1. The second kappa shape index (κ2) is 6.84. The van der Waals surface area contributed by atoms with Gasteiger partial charge in [-0.2, -0.15) is 31.4 Å². The molecule has 0 saturated carbocycles. The highest BCUT2D eigenvalue weighted by molar-refractivity contribution is 5.57. The zero-order valence-corrected chi connectivity index (χ0v) is 14.6. The van der Waals surface area contributed by atoms with E-state index in [0.717, 1.165) is 22.9 Å². The first-order chi connectivity index (χ1) is 12.9. The molecular formula is C18H13F6N3O. The van der Waals surface area contributed by atoms with Crippen molar-refractivity contribution in [3.05, 3.63) is 59.3 Å². The van der Waals surface area contributed by atoms with E-state index in [0.29, 0.717) is 5.56 Å². The third kappa shape index (κ3) is 4.26. The Balaban J connectivity index is 1.96. The summed E-state index contributed by atoms with van der Waals surface area (Å²) in [5.74, 6) is -0.149. The molecule has 0 aliphatic heterocycles. The normalized spacial score (nSPS) is 12.3. The number of alkyl halides is 6. The highest BCUT2D eigenvalue weighted by Gasteiger charge is 2.35. The third-order valence-electron chi connectivity index (χ3n) is 3.76. The van der Waals surface area contributed by atoms with Crippen LogP contribution in [0, 0.1) is 6.92 Å². The lowest BCUT2D eigenvalue weighted by Crippen LogP contribution is -2.06. The van der Waals surface area contributed by atoms with Gasteiger partial charge in [0.2, 0.25) is 5.88 Å². The summed E-state index contributed by atoms with van der Waals surface area (Å²) in [5, 5.41) is 3.43. The lowest BCUT2D eigenvalue weighted by atomic mass is 10.2. The molecule has 0 amide bonds.